The van der Waals surface area contributed by atoms with Crippen molar-refractivity contribution in [2.75, 3.05) is 0 Å². The summed E-state index contributed by atoms with van der Waals surface area (Å²) in [5.74, 6) is -2.41. The van der Waals surface area contributed by atoms with Crippen molar-refractivity contribution in [3.8, 4) is 0 Å². The molecule has 18 heavy (non-hydrogen) atoms. The van der Waals surface area contributed by atoms with E-state index in [-0.39, 0.29) is 32.7 Å². The maximum absolute atomic E-state index is 11.2. The summed E-state index contributed by atoms with van der Waals surface area (Å²) >= 11 is 0. The predicted molar refractivity (Wildman–Crippen MR) is 52.4 cm³/mol. The third-order valence-electron chi connectivity index (χ3n) is 3.22. The number of carbonyl (C=O) groups excluding carboxylic acids is 3. The second-order valence-corrected chi connectivity index (χ2v) is 4.09. The Morgan fingerprint density at radius 3 is 1.78 bits per heavy atom. The van der Waals surface area contributed by atoms with Crippen molar-refractivity contribution in [3.05, 3.63) is 5.32 Å². The molecular formula is C10H11NO6Y-2. The van der Waals surface area contributed by atoms with Gasteiger partial charge < -0.3 is 34.7 Å². The zero-order valence-electron chi connectivity index (χ0n) is 9.52. The number of hydrogen-bond acceptors (Lipinski definition) is 6. The molecule has 3 saturated heterocycles. The van der Waals surface area contributed by atoms with Crippen LogP contribution in [0.1, 0.15) is 6.92 Å². The Morgan fingerprint density at radius 2 is 1.44 bits per heavy atom. The topological polar surface area (TPSA) is 115 Å². The molecule has 0 spiro atoms. The van der Waals surface area contributed by atoms with Crippen molar-refractivity contribution in [1.82, 2.24) is 0 Å². The van der Waals surface area contributed by atoms with E-state index in [9.17, 15) is 19.8 Å². The summed E-state index contributed by atoms with van der Waals surface area (Å²) in [7, 11) is 0. The quantitative estimate of drug-likeness (QED) is 0.403. The number of nitrogens with zero attached hydrogens (tertiary/aromatic N) is 1. The van der Waals surface area contributed by atoms with Gasteiger partial charge >= 0.3 is 0 Å². The monoisotopic (exact) mass is 330 g/mol. The average molecular weight is 330 g/mol. The zero-order chi connectivity index (χ0) is 12.7. The number of aliphatic hydroxyl groups excluding tert-OH is 2. The molecule has 0 saturated carbocycles. The standard InChI is InChI=1S/C8H9NO5.C2H3O.Y/c10-3-4(11)6-2-1(5(3)14-6)7(12)9-8(2)13;1-2-3;/h1-6,10-11H,(H,9,12,13);1H3;/q;-1;/p-1. The smallest absolute Gasteiger partial charge is 0.109 e. The molecule has 2 bridgehead atoms. The van der Waals surface area contributed by atoms with E-state index in [1.807, 2.05) is 0 Å². The minimum Gasteiger partial charge on any atom is -0.595 e. The van der Waals surface area contributed by atoms with Crippen LogP contribution in [0.5, 0.6) is 0 Å². The molecular weight excluding hydrogens is 319 g/mol. The fraction of sp³-hybridized carbons (Fsp3) is 0.700. The minimum absolute atomic E-state index is 0. The van der Waals surface area contributed by atoms with Crippen LogP contribution in [-0.2, 0) is 51.8 Å². The molecule has 6 atom stereocenters. The summed E-state index contributed by atoms with van der Waals surface area (Å²) in [6.45, 7) is 1.32. The van der Waals surface area contributed by atoms with E-state index < -0.39 is 48.1 Å². The molecule has 3 rings (SSSR count). The van der Waals surface area contributed by atoms with Crippen molar-refractivity contribution in [3.63, 3.8) is 0 Å². The first-order valence-electron chi connectivity index (χ1n) is 5.12. The molecule has 0 aliphatic carbocycles. The van der Waals surface area contributed by atoms with Crippen LogP contribution in [-0.4, -0.2) is 52.7 Å². The largest absolute Gasteiger partial charge is 0.595 e. The van der Waals surface area contributed by atoms with Crippen LogP contribution >= 0.6 is 0 Å². The maximum Gasteiger partial charge on any atom is 0.109 e. The van der Waals surface area contributed by atoms with Crippen LogP contribution in [0, 0.1) is 11.8 Å². The number of aliphatic hydroxyl groups is 2. The molecule has 3 aliphatic heterocycles. The molecule has 1 radical (unpaired) electrons. The second-order valence-electron chi connectivity index (χ2n) is 4.09. The van der Waals surface area contributed by atoms with Crippen LogP contribution in [0.25, 0.3) is 5.32 Å². The van der Waals surface area contributed by atoms with Crippen LogP contribution < -0.4 is 0 Å². The summed E-state index contributed by atoms with van der Waals surface area (Å²) in [5, 5.41) is 22.2. The van der Waals surface area contributed by atoms with Gasteiger partial charge in [0.05, 0.1) is 24.0 Å². The van der Waals surface area contributed by atoms with Gasteiger partial charge in [-0.2, -0.15) is 6.92 Å². The van der Waals surface area contributed by atoms with Gasteiger partial charge in [-0.25, -0.2) is 0 Å². The van der Waals surface area contributed by atoms with Crippen LogP contribution in [0.15, 0.2) is 0 Å². The molecule has 0 aromatic rings. The van der Waals surface area contributed by atoms with Gasteiger partial charge in [-0.05, 0) is 0 Å². The van der Waals surface area contributed by atoms with Crippen LogP contribution in [0.4, 0.5) is 0 Å². The van der Waals surface area contributed by atoms with Crippen molar-refractivity contribution in [1.29, 1.82) is 0 Å². The average Bonchev–Trinajstić information content (AvgIpc) is 2.86. The van der Waals surface area contributed by atoms with E-state index in [1.54, 1.807) is 0 Å². The van der Waals surface area contributed by atoms with Gasteiger partial charge in [-0.1, -0.05) is 0 Å². The summed E-state index contributed by atoms with van der Waals surface area (Å²) < 4.78 is 5.20. The number of ether oxygens (including phenoxy) is 1. The maximum atomic E-state index is 11.2. The number of imide groups is 1. The molecule has 0 aromatic carbocycles. The first kappa shape index (κ1) is 15.9. The van der Waals surface area contributed by atoms with Crippen molar-refractivity contribution < 1.29 is 62.0 Å². The van der Waals surface area contributed by atoms with E-state index in [1.165, 1.54) is 13.2 Å². The minimum atomic E-state index is -1.08. The van der Waals surface area contributed by atoms with Gasteiger partial charge in [0.1, 0.15) is 12.2 Å². The van der Waals surface area contributed by atoms with Crippen LogP contribution in [0.3, 0.4) is 0 Å². The van der Waals surface area contributed by atoms with E-state index in [2.05, 4.69) is 5.32 Å². The summed E-state index contributed by atoms with van der Waals surface area (Å²) in [6, 6.07) is 0. The number of amides is 2. The molecule has 6 unspecified atom stereocenters. The molecule has 3 fully saturated rings. The Bertz CT molecular complexity index is 345. The van der Waals surface area contributed by atoms with E-state index in [0.29, 0.717) is 0 Å². The zero-order valence-corrected chi connectivity index (χ0v) is 12.4. The number of carbonyl (C=O) groups is 2. The van der Waals surface area contributed by atoms with Gasteiger partial charge in [0.25, 0.3) is 0 Å². The van der Waals surface area contributed by atoms with Crippen molar-refractivity contribution in [2.24, 2.45) is 11.8 Å². The summed E-state index contributed by atoms with van der Waals surface area (Å²) in [4.78, 5) is 31.2. The van der Waals surface area contributed by atoms with Crippen molar-refractivity contribution in [2.45, 2.75) is 31.3 Å². The number of rotatable bonds is 0. The SMILES string of the molecule is C[C-]=O.O=C1[N-]C(=O)C2C3OC(C(O)C3O)C12.[Y]. The Labute approximate surface area is 128 Å². The molecule has 97 valence electrons. The van der Waals surface area contributed by atoms with Gasteiger partial charge in [0, 0.05) is 44.5 Å². The van der Waals surface area contributed by atoms with E-state index in [0.717, 1.165) is 0 Å². The van der Waals surface area contributed by atoms with Gasteiger partial charge in [0.15, 0.2) is 0 Å². The molecule has 3 aliphatic rings. The predicted octanol–water partition coefficient (Wildman–Crippen LogP) is -1.72. The fourth-order valence-corrected chi connectivity index (χ4v) is 2.58. The summed E-state index contributed by atoms with van der Waals surface area (Å²) in [6.07, 6.45) is -2.18. The third-order valence-corrected chi connectivity index (χ3v) is 3.22. The normalized spacial score (nSPS) is 43.5. The molecule has 7 nitrogen and oxygen atoms in total. The number of hydrogen-bond donors (Lipinski definition) is 2. The summed E-state index contributed by atoms with van der Waals surface area (Å²) in [5.41, 5.74) is 0. The Kier molecular flexibility index (Phi) is 5.14. The van der Waals surface area contributed by atoms with Crippen LogP contribution in [0.2, 0.25) is 0 Å². The molecule has 2 N–H and O–H groups in total. The Balaban J connectivity index is 0.000000372. The number of fused-ring (bicyclic) bond motifs is 5. The first-order chi connectivity index (χ1) is 8.02. The molecule has 3 heterocycles. The third kappa shape index (κ3) is 2.18. The first-order valence-corrected chi connectivity index (χ1v) is 5.12. The van der Waals surface area contributed by atoms with Gasteiger partial charge in [-0.15, -0.1) is 0 Å². The van der Waals surface area contributed by atoms with Gasteiger partial charge in [-0.3, -0.25) is 6.29 Å². The van der Waals surface area contributed by atoms with Gasteiger partial charge in [0.2, 0.25) is 0 Å². The Hall–Kier alpha value is -0.206. The van der Waals surface area contributed by atoms with Crippen molar-refractivity contribution >= 4 is 18.1 Å². The van der Waals surface area contributed by atoms with E-state index in [4.69, 9.17) is 9.53 Å². The Morgan fingerprint density at radius 1 is 1.11 bits per heavy atom. The second kappa shape index (κ2) is 5.84. The fourth-order valence-electron chi connectivity index (χ4n) is 2.58. The molecule has 8 heteroatoms. The molecule has 0 aromatic heterocycles. The van der Waals surface area contributed by atoms with E-state index >= 15 is 0 Å². The molecule has 2 amide bonds.